The molecule has 234 valence electrons. The lowest BCUT2D eigenvalue weighted by molar-refractivity contribution is 0.0597. The summed E-state index contributed by atoms with van der Waals surface area (Å²) in [7, 11) is 1.32. The van der Waals surface area contributed by atoms with Gasteiger partial charge < -0.3 is 30.6 Å². The first-order valence-electron chi connectivity index (χ1n) is 14.2. The summed E-state index contributed by atoms with van der Waals surface area (Å²) in [5.41, 5.74) is 7.55. The Balaban J connectivity index is 0.000000185. The second-order valence-electron chi connectivity index (χ2n) is 9.50. The highest BCUT2D eigenvalue weighted by Gasteiger charge is 2.14. The Bertz CT molecular complexity index is 1910. The van der Waals surface area contributed by atoms with E-state index in [4.69, 9.17) is 19.9 Å². The summed E-state index contributed by atoms with van der Waals surface area (Å²) in [6, 6.07) is 32.2. The number of ether oxygens (including phenoxy) is 3. The number of primary amides is 1. The van der Waals surface area contributed by atoms with E-state index >= 15 is 0 Å². The van der Waals surface area contributed by atoms with Crippen molar-refractivity contribution in [1.29, 1.82) is 0 Å². The first-order valence-corrected chi connectivity index (χ1v) is 14.2. The fourth-order valence-corrected chi connectivity index (χ4v) is 4.00. The van der Waals surface area contributed by atoms with E-state index in [0.717, 1.165) is 23.0 Å². The number of rotatable bonds is 10. The van der Waals surface area contributed by atoms with Gasteiger partial charge in [-0.05, 0) is 97.1 Å². The molecule has 0 saturated heterocycles. The van der Waals surface area contributed by atoms with Gasteiger partial charge in [0, 0.05) is 36.2 Å². The first kappa shape index (κ1) is 31.6. The van der Waals surface area contributed by atoms with Gasteiger partial charge in [-0.3, -0.25) is 4.79 Å². The fourth-order valence-electron chi connectivity index (χ4n) is 4.00. The van der Waals surface area contributed by atoms with Gasteiger partial charge in [0.2, 0.25) is 11.8 Å². The smallest absolute Gasteiger partial charge is 0.343 e. The van der Waals surface area contributed by atoms with E-state index in [9.17, 15) is 9.59 Å². The monoisotopic (exact) mass is 627 g/mol. The zero-order valence-corrected chi connectivity index (χ0v) is 25.1. The Morgan fingerprint density at radius 2 is 1.00 bits per heavy atom. The van der Waals surface area contributed by atoms with Gasteiger partial charge in [0.15, 0.2) is 0 Å². The molecule has 4 N–H and O–H groups in total. The van der Waals surface area contributed by atoms with Crippen LogP contribution in [0.3, 0.4) is 0 Å². The van der Waals surface area contributed by atoms with Gasteiger partial charge in [-0.2, -0.15) is 0 Å². The Labute approximate surface area is 270 Å². The summed E-state index contributed by atoms with van der Waals surface area (Å²) in [6.07, 6.45) is 6.53. The molecule has 6 rings (SSSR count). The van der Waals surface area contributed by atoms with E-state index in [0.29, 0.717) is 11.5 Å². The topological polar surface area (TPSA) is 163 Å². The van der Waals surface area contributed by atoms with Crippen LogP contribution in [0.5, 0.6) is 23.3 Å². The lowest BCUT2D eigenvalue weighted by atomic mass is 10.2. The zero-order chi connectivity index (χ0) is 32.8. The summed E-state index contributed by atoms with van der Waals surface area (Å²) < 4.78 is 16.0. The van der Waals surface area contributed by atoms with Crippen molar-refractivity contribution in [3.63, 3.8) is 0 Å². The average molecular weight is 628 g/mol. The first-order chi connectivity index (χ1) is 23.0. The SMILES string of the molecule is COC(=O)c1cccnc1Oc1ccc(Nc2ccccn2)cc1.NC(=O)c1cccnc1Oc1ccc(Nc2ccccn2)cc1. The molecule has 47 heavy (non-hydrogen) atoms. The maximum Gasteiger partial charge on any atom is 0.343 e. The van der Waals surface area contributed by atoms with Crippen LogP contribution in [0.1, 0.15) is 20.7 Å². The summed E-state index contributed by atoms with van der Waals surface area (Å²) in [4.78, 5) is 39.6. The van der Waals surface area contributed by atoms with Gasteiger partial charge in [-0.25, -0.2) is 24.7 Å². The predicted octanol–water partition coefficient (Wildman–Crippen LogP) is 6.91. The Morgan fingerprint density at radius 1 is 0.553 bits per heavy atom. The van der Waals surface area contributed by atoms with Crippen LogP contribution < -0.4 is 25.8 Å². The minimum absolute atomic E-state index is 0.186. The predicted molar refractivity (Wildman–Crippen MR) is 176 cm³/mol. The largest absolute Gasteiger partial charge is 0.465 e. The van der Waals surface area contributed by atoms with Gasteiger partial charge in [0.25, 0.3) is 5.91 Å². The third-order valence-corrected chi connectivity index (χ3v) is 6.23. The van der Waals surface area contributed by atoms with Crippen molar-refractivity contribution in [3.8, 4) is 23.3 Å². The summed E-state index contributed by atoms with van der Waals surface area (Å²) in [6.45, 7) is 0. The van der Waals surface area contributed by atoms with E-state index in [2.05, 4.69) is 30.6 Å². The summed E-state index contributed by atoms with van der Waals surface area (Å²) in [5, 5.41) is 6.35. The van der Waals surface area contributed by atoms with E-state index in [-0.39, 0.29) is 22.9 Å². The molecule has 12 nitrogen and oxygen atoms in total. The van der Waals surface area contributed by atoms with Crippen LogP contribution in [0.25, 0.3) is 0 Å². The van der Waals surface area contributed by atoms with E-state index in [1.54, 1.807) is 73.3 Å². The van der Waals surface area contributed by atoms with Gasteiger partial charge >= 0.3 is 5.97 Å². The molecule has 0 aliphatic heterocycles. The van der Waals surface area contributed by atoms with Gasteiger partial charge in [0.1, 0.15) is 34.3 Å². The number of hydrogen-bond acceptors (Lipinski definition) is 11. The summed E-state index contributed by atoms with van der Waals surface area (Å²) in [5.74, 6) is 1.93. The van der Waals surface area contributed by atoms with E-state index in [1.165, 1.54) is 7.11 Å². The highest BCUT2D eigenvalue weighted by atomic mass is 16.5. The number of anilines is 4. The number of carbonyl (C=O) groups excluding carboxylic acids is 2. The van der Waals surface area contributed by atoms with Crippen molar-refractivity contribution in [2.24, 2.45) is 5.73 Å². The molecule has 0 aliphatic carbocycles. The molecule has 1 amide bonds. The van der Waals surface area contributed by atoms with Crippen LogP contribution in [0.15, 0.2) is 134 Å². The van der Waals surface area contributed by atoms with Crippen LogP contribution in [0.4, 0.5) is 23.0 Å². The molecule has 0 unspecified atom stereocenters. The second kappa shape index (κ2) is 15.8. The lowest BCUT2D eigenvalue weighted by Crippen LogP contribution is -2.12. The average Bonchev–Trinajstić information content (AvgIpc) is 3.11. The van der Waals surface area contributed by atoms with E-state index < -0.39 is 11.9 Å². The number of amides is 1. The molecule has 0 atom stereocenters. The van der Waals surface area contributed by atoms with Crippen LogP contribution in [-0.4, -0.2) is 38.9 Å². The number of esters is 1. The number of methoxy groups -OCH3 is 1. The number of nitrogens with zero attached hydrogens (tertiary/aromatic N) is 4. The number of aromatic nitrogens is 4. The minimum atomic E-state index is -0.582. The molecule has 0 radical (unpaired) electrons. The van der Waals surface area contributed by atoms with Crippen molar-refractivity contribution < 1.29 is 23.8 Å². The minimum Gasteiger partial charge on any atom is -0.465 e. The molecule has 0 fully saturated rings. The van der Waals surface area contributed by atoms with Crippen molar-refractivity contribution in [2.45, 2.75) is 0 Å². The highest BCUT2D eigenvalue weighted by molar-refractivity contribution is 5.95. The van der Waals surface area contributed by atoms with Crippen LogP contribution in [0, 0.1) is 0 Å². The molecule has 4 heterocycles. The molecule has 4 aromatic heterocycles. The molecular formula is C35H29N7O5. The van der Waals surface area contributed by atoms with Crippen molar-refractivity contribution in [1.82, 2.24) is 19.9 Å². The number of hydrogen-bond donors (Lipinski definition) is 3. The Hall–Kier alpha value is -6.82. The van der Waals surface area contributed by atoms with Crippen LogP contribution in [-0.2, 0) is 4.74 Å². The van der Waals surface area contributed by atoms with Crippen molar-refractivity contribution in [3.05, 3.63) is 145 Å². The van der Waals surface area contributed by atoms with Crippen molar-refractivity contribution in [2.75, 3.05) is 17.7 Å². The van der Waals surface area contributed by atoms with Crippen LogP contribution >= 0.6 is 0 Å². The number of pyridine rings is 4. The highest BCUT2D eigenvalue weighted by Crippen LogP contribution is 2.27. The molecule has 0 aliphatic rings. The van der Waals surface area contributed by atoms with Gasteiger partial charge in [0.05, 0.1) is 7.11 Å². The lowest BCUT2D eigenvalue weighted by Gasteiger charge is -2.09. The number of nitrogens with two attached hydrogens (primary N) is 1. The maximum absolute atomic E-state index is 11.7. The van der Waals surface area contributed by atoms with Crippen LogP contribution in [0.2, 0.25) is 0 Å². The molecular weight excluding hydrogens is 598 g/mol. The van der Waals surface area contributed by atoms with Gasteiger partial charge in [-0.1, -0.05) is 12.1 Å². The van der Waals surface area contributed by atoms with Crippen molar-refractivity contribution >= 4 is 34.9 Å². The second-order valence-corrected chi connectivity index (χ2v) is 9.50. The quantitative estimate of drug-likeness (QED) is 0.135. The Kier molecular flexibility index (Phi) is 10.6. The normalized spacial score (nSPS) is 10.1. The third-order valence-electron chi connectivity index (χ3n) is 6.23. The maximum atomic E-state index is 11.7. The number of nitrogens with one attached hydrogen (secondary N) is 2. The van der Waals surface area contributed by atoms with Gasteiger partial charge in [-0.15, -0.1) is 0 Å². The standard InChI is InChI=1S/C18H15N3O3.C17H14N4O2/c1-23-18(22)15-5-4-12-20-17(15)24-14-9-7-13(8-10-14)21-16-6-2-3-11-19-16;18-16(22)14-4-3-11-20-17(14)23-13-8-6-12(7-9-13)21-15-5-1-2-10-19-15/h2-12H,1H3,(H,19,21);1-11H,(H2,18,22)(H,19,21). The summed E-state index contributed by atoms with van der Waals surface area (Å²) >= 11 is 0. The molecule has 0 spiro atoms. The molecule has 0 bridgehead atoms. The zero-order valence-electron chi connectivity index (χ0n) is 25.1. The molecule has 0 saturated carbocycles. The number of benzene rings is 2. The number of carbonyl (C=O) groups is 2. The third kappa shape index (κ3) is 9.09. The Morgan fingerprint density at radius 3 is 1.43 bits per heavy atom. The molecule has 2 aromatic carbocycles. The molecule has 12 heteroatoms. The fraction of sp³-hybridized carbons (Fsp3) is 0.0286. The van der Waals surface area contributed by atoms with E-state index in [1.807, 2.05) is 60.7 Å². The molecule has 6 aromatic rings.